The van der Waals surface area contributed by atoms with E-state index in [0.29, 0.717) is 5.75 Å². The molecule has 3 aromatic rings. The van der Waals surface area contributed by atoms with Gasteiger partial charge >= 0.3 is 0 Å². The van der Waals surface area contributed by atoms with Crippen LogP contribution in [0.2, 0.25) is 0 Å². The average molecular weight is 355 g/mol. The number of carbonyl (C=O) groups is 1. The molecule has 0 atom stereocenters. The van der Waals surface area contributed by atoms with Crippen LogP contribution in [-0.4, -0.2) is 23.2 Å². The van der Waals surface area contributed by atoms with Gasteiger partial charge in [0.25, 0.3) is 0 Å². The molecule has 24 heavy (non-hydrogen) atoms. The molecule has 0 aliphatic heterocycles. The van der Waals surface area contributed by atoms with Gasteiger partial charge in [0.05, 0.1) is 16.0 Å². The molecule has 0 unspecified atom stereocenters. The minimum Gasteiger partial charge on any atom is -0.354 e. The Morgan fingerprint density at radius 1 is 1.12 bits per heavy atom. The molecular formula is C19H18N2OS2. The Labute approximate surface area is 149 Å². The molecule has 1 N–H and O–H groups in total. The fraction of sp³-hybridized carbons (Fsp3) is 0.263. The highest BCUT2D eigenvalue weighted by molar-refractivity contribution is 8.01. The molecular weight excluding hydrogens is 336 g/mol. The van der Waals surface area contributed by atoms with Crippen molar-refractivity contribution in [3.8, 4) is 0 Å². The number of fused-ring (bicyclic) bond motifs is 1. The molecule has 2 aromatic carbocycles. The van der Waals surface area contributed by atoms with Gasteiger partial charge in [0.15, 0.2) is 4.34 Å². The molecule has 0 bridgehead atoms. The van der Waals surface area contributed by atoms with Gasteiger partial charge in [-0.15, -0.1) is 11.3 Å². The Morgan fingerprint density at radius 3 is 2.62 bits per heavy atom. The number of hydrogen-bond donors (Lipinski definition) is 1. The summed E-state index contributed by atoms with van der Waals surface area (Å²) in [6.07, 6.45) is 2.31. The van der Waals surface area contributed by atoms with Crippen LogP contribution in [0.15, 0.2) is 58.9 Å². The van der Waals surface area contributed by atoms with Gasteiger partial charge in [-0.1, -0.05) is 54.2 Å². The second-order valence-corrected chi connectivity index (χ2v) is 8.41. The summed E-state index contributed by atoms with van der Waals surface area (Å²) in [6.45, 7) is 0.732. The van der Waals surface area contributed by atoms with Gasteiger partial charge in [-0.3, -0.25) is 4.79 Å². The van der Waals surface area contributed by atoms with E-state index in [1.165, 1.54) is 22.0 Å². The number of nitrogens with zero attached hydrogens (tertiary/aromatic N) is 1. The zero-order valence-corrected chi connectivity index (χ0v) is 14.8. The molecule has 0 spiro atoms. The number of hydrogen-bond acceptors (Lipinski definition) is 4. The SMILES string of the molecule is O=C(CSc1nc2ccccc2s1)NCC1(c2ccccc2)CC1. The molecule has 1 fully saturated rings. The molecule has 122 valence electrons. The van der Waals surface area contributed by atoms with E-state index in [4.69, 9.17) is 0 Å². The summed E-state index contributed by atoms with van der Waals surface area (Å²) >= 11 is 3.16. The number of rotatable bonds is 6. The standard InChI is InChI=1S/C19H18N2OS2/c22-17(12-23-18-21-15-8-4-5-9-16(15)24-18)20-13-19(10-11-19)14-6-2-1-3-7-14/h1-9H,10-13H2,(H,20,22). The summed E-state index contributed by atoms with van der Waals surface area (Å²) in [7, 11) is 0. The first-order valence-electron chi connectivity index (χ1n) is 8.06. The smallest absolute Gasteiger partial charge is 0.230 e. The topological polar surface area (TPSA) is 42.0 Å². The Bertz CT molecular complexity index is 823. The van der Waals surface area contributed by atoms with E-state index in [2.05, 4.69) is 40.6 Å². The Hall–Kier alpha value is -1.85. The number of benzene rings is 2. The lowest BCUT2D eigenvalue weighted by molar-refractivity contribution is -0.118. The van der Waals surface area contributed by atoms with Crippen LogP contribution in [0.5, 0.6) is 0 Å². The van der Waals surface area contributed by atoms with E-state index in [9.17, 15) is 4.79 Å². The molecule has 0 radical (unpaired) electrons. The maximum absolute atomic E-state index is 12.2. The highest BCUT2D eigenvalue weighted by atomic mass is 32.2. The second-order valence-electron chi connectivity index (χ2n) is 6.16. The van der Waals surface area contributed by atoms with Crippen LogP contribution in [0.4, 0.5) is 0 Å². The molecule has 4 rings (SSSR count). The second kappa shape index (κ2) is 6.57. The minimum atomic E-state index is 0.0847. The first-order chi connectivity index (χ1) is 11.8. The van der Waals surface area contributed by atoms with Crippen LogP contribution < -0.4 is 5.32 Å². The molecule has 5 heteroatoms. The van der Waals surface area contributed by atoms with E-state index in [1.807, 2.05) is 24.3 Å². The van der Waals surface area contributed by atoms with Crippen LogP contribution >= 0.6 is 23.1 Å². The van der Waals surface area contributed by atoms with Crippen molar-refractivity contribution in [2.24, 2.45) is 0 Å². The van der Waals surface area contributed by atoms with Crippen LogP contribution in [0, 0.1) is 0 Å². The highest BCUT2D eigenvalue weighted by Gasteiger charge is 2.44. The molecule has 1 aliphatic rings. The lowest BCUT2D eigenvalue weighted by atomic mass is 9.96. The third-order valence-electron chi connectivity index (χ3n) is 4.46. The average Bonchev–Trinajstić information content (AvgIpc) is 3.30. The first kappa shape index (κ1) is 15.7. The summed E-state index contributed by atoms with van der Waals surface area (Å²) in [4.78, 5) is 16.7. The predicted molar refractivity (Wildman–Crippen MR) is 101 cm³/mol. The van der Waals surface area contributed by atoms with Crippen molar-refractivity contribution < 1.29 is 4.79 Å². The number of carbonyl (C=O) groups excluding carboxylic acids is 1. The first-order valence-corrected chi connectivity index (χ1v) is 9.86. The fourth-order valence-corrected chi connectivity index (χ4v) is 4.77. The monoisotopic (exact) mass is 354 g/mol. The van der Waals surface area contributed by atoms with Crippen molar-refractivity contribution in [3.63, 3.8) is 0 Å². The van der Waals surface area contributed by atoms with Gasteiger partial charge in [0, 0.05) is 12.0 Å². The lowest BCUT2D eigenvalue weighted by Crippen LogP contribution is -2.33. The van der Waals surface area contributed by atoms with Gasteiger partial charge in [0.1, 0.15) is 0 Å². The molecule has 0 saturated heterocycles. The molecule has 1 aromatic heterocycles. The van der Waals surface area contributed by atoms with Crippen molar-refractivity contribution in [2.45, 2.75) is 22.6 Å². The molecule has 1 amide bonds. The minimum absolute atomic E-state index is 0.0847. The molecule has 1 aliphatic carbocycles. The molecule has 1 heterocycles. The number of nitrogens with one attached hydrogen (secondary N) is 1. The van der Waals surface area contributed by atoms with Crippen molar-refractivity contribution >= 4 is 39.2 Å². The van der Waals surface area contributed by atoms with E-state index in [1.54, 1.807) is 11.3 Å². The number of thioether (sulfide) groups is 1. The summed E-state index contributed by atoms with van der Waals surface area (Å²) < 4.78 is 2.12. The van der Waals surface area contributed by atoms with Crippen molar-refractivity contribution in [2.75, 3.05) is 12.3 Å². The third-order valence-corrected chi connectivity index (χ3v) is 6.64. The van der Waals surface area contributed by atoms with E-state index < -0.39 is 0 Å². The van der Waals surface area contributed by atoms with Gasteiger partial charge in [-0.25, -0.2) is 4.98 Å². The number of aromatic nitrogens is 1. The highest BCUT2D eigenvalue weighted by Crippen LogP contribution is 2.47. The Kier molecular flexibility index (Phi) is 4.29. The van der Waals surface area contributed by atoms with Gasteiger partial charge < -0.3 is 5.32 Å². The number of thiazole rings is 1. The van der Waals surface area contributed by atoms with Gasteiger partial charge in [-0.2, -0.15) is 0 Å². The Morgan fingerprint density at radius 2 is 1.88 bits per heavy atom. The van der Waals surface area contributed by atoms with Crippen LogP contribution in [0.3, 0.4) is 0 Å². The molecule has 3 nitrogen and oxygen atoms in total. The molecule has 1 saturated carbocycles. The van der Waals surface area contributed by atoms with Crippen LogP contribution in [0.25, 0.3) is 10.2 Å². The van der Waals surface area contributed by atoms with Crippen LogP contribution in [0.1, 0.15) is 18.4 Å². The fourth-order valence-electron chi connectivity index (χ4n) is 2.87. The number of para-hydroxylation sites is 1. The quantitative estimate of drug-likeness (QED) is 0.673. The maximum Gasteiger partial charge on any atom is 0.230 e. The van der Waals surface area contributed by atoms with Crippen molar-refractivity contribution in [1.29, 1.82) is 0 Å². The predicted octanol–water partition coefficient (Wildman–Crippen LogP) is 4.24. The third kappa shape index (κ3) is 3.32. The summed E-state index contributed by atoms with van der Waals surface area (Å²) in [5.41, 5.74) is 2.51. The normalized spacial score (nSPS) is 15.3. The largest absolute Gasteiger partial charge is 0.354 e. The van der Waals surface area contributed by atoms with Crippen LogP contribution in [-0.2, 0) is 10.2 Å². The Balaban J connectivity index is 1.31. The van der Waals surface area contributed by atoms with E-state index >= 15 is 0 Å². The summed E-state index contributed by atoms with van der Waals surface area (Å²) in [5.74, 6) is 0.506. The summed E-state index contributed by atoms with van der Waals surface area (Å²) in [6, 6.07) is 18.6. The zero-order valence-electron chi connectivity index (χ0n) is 13.2. The van der Waals surface area contributed by atoms with Gasteiger partial charge in [-0.05, 0) is 30.5 Å². The summed E-state index contributed by atoms with van der Waals surface area (Å²) in [5, 5.41) is 3.11. The van der Waals surface area contributed by atoms with Crippen molar-refractivity contribution in [3.05, 3.63) is 60.2 Å². The van der Waals surface area contributed by atoms with Crippen molar-refractivity contribution in [1.82, 2.24) is 10.3 Å². The maximum atomic E-state index is 12.2. The number of amides is 1. The van der Waals surface area contributed by atoms with E-state index in [0.717, 1.165) is 29.2 Å². The lowest BCUT2D eigenvalue weighted by Gasteiger charge is -2.16. The van der Waals surface area contributed by atoms with E-state index in [-0.39, 0.29) is 11.3 Å². The zero-order chi connectivity index (χ0) is 16.4. The van der Waals surface area contributed by atoms with Gasteiger partial charge in [0.2, 0.25) is 5.91 Å².